The number of nitrogens with zero attached hydrogens (tertiary/aromatic N) is 1. The number of carbonyl (C=O) groups is 3. The first-order valence-corrected chi connectivity index (χ1v) is 35.6. The number of benzene rings is 5. The van der Waals surface area contributed by atoms with Crippen LogP contribution >= 0.6 is 7.82 Å². The quantitative estimate of drug-likeness (QED) is 0.0202. The Morgan fingerprint density at radius 2 is 1.54 bits per heavy atom. The van der Waals surface area contributed by atoms with Crippen LogP contribution in [-0.2, 0) is 59.2 Å². The smallest absolute Gasteiger partial charge is 0.493 e. The van der Waals surface area contributed by atoms with Crippen LogP contribution in [0.2, 0.25) is 0 Å². The van der Waals surface area contributed by atoms with Crippen LogP contribution in [0, 0.1) is 34.5 Å². The van der Waals surface area contributed by atoms with E-state index in [1.807, 2.05) is 30.3 Å². The molecule has 1 saturated heterocycles. The Morgan fingerprint density at radius 3 is 2.28 bits per heavy atom. The molecule has 1 aliphatic heterocycles. The number of hydrogen-bond acceptors (Lipinski definition) is 14. The Bertz CT molecular complexity index is 3520. The van der Waals surface area contributed by atoms with Gasteiger partial charge in [-0.3, -0.25) is 29.6 Å². The predicted octanol–water partition coefficient (Wildman–Crippen LogP) is 13.1. The number of phosphoric ester groups is 1. The highest BCUT2D eigenvalue weighted by atomic mass is 31.2. The molecule has 17 nitrogen and oxygen atoms in total. The van der Waals surface area contributed by atoms with Crippen LogP contribution < -0.4 is 19.9 Å². The molecular weight excluding hydrogens is 1210 g/mol. The topological polar surface area (TPSA) is 232 Å². The zero-order chi connectivity index (χ0) is 66.4. The van der Waals surface area contributed by atoms with Gasteiger partial charge in [0.1, 0.15) is 24.7 Å². The summed E-state index contributed by atoms with van der Waals surface area (Å²) in [5.74, 6) is 0.877. The van der Waals surface area contributed by atoms with Crippen LogP contribution in [0.15, 0.2) is 145 Å². The lowest BCUT2D eigenvalue weighted by Crippen LogP contribution is -2.63. The van der Waals surface area contributed by atoms with Crippen molar-refractivity contribution >= 4 is 31.2 Å². The van der Waals surface area contributed by atoms with Crippen LogP contribution in [0.4, 0.5) is 10.5 Å². The number of rotatable bonds is 28. The Kier molecular flexibility index (Phi) is 22.0. The van der Waals surface area contributed by atoms with Gasteiger partial charge in [0.2, 0.25) is 0 Å². The third-order valence-corrected chi connectivity index (χ3v) is 22.0. The Morgan fingerprint density at radius 1 is 0.809 bits per heavy atom. The SMILES string of the molecule is CC(C)N(CCC(c1ccccc1)c1cccc(CCOc2ccc(CCNCC(O)c3ccc(OP(=O)(O)O)c(COC(=O)Nc4ccc(COCC(=O)C56OC(C7CCCCC7)OC5CC5C7CCC8=CC(=O)C=CC8(C)C7C(O)CC56C)cc4)c3)cc2)c1)C(C)C. The van der Waals surface area contributed by atoms with Crippen LogP contribution in [0.25, 0.3) is 0 Å². The molecule has 0 aromatic heterocycles. The molecule has 4 saturated carbocycles. The van der Waals surface area contributed by atoms with Crippen molar-refractivity contribution in [1.29, 1.82) is 0 Å². The highest BCUT2D eigenvalue weighted by Gasteiger charge is 2.76. The molecule has 1 amide bonds. The average Bonchev–Trinajstić information content (AvgIpc) is 1.48. The van der Waals surface area contributed by atoms with E-state index in [4.69, 9.17) is 28.2 Å². The summed E-state index contributed by atoms with van der Waals surface area (Å²) in [4.78, 5) is 62.7. The van der Waals surface area contributed by atoms with Crippen molar-refractivity contribution in [1.82, 2.24) is 10.2 Å². The molecule has 11 rings (SSSR count). The van der Waals surface area contributed by atoms with Gasteiger partial charge in [-0.25, -0.2) is 9.36 Å². The average molecular weight is 1310 g/mol. The van der Waals surface area contributed by atoms with Gasteiger partial charge in [0.25, 0.3) is 0 Å². The number of nitrogens with one attached hydrogen (secondary N) is 2. The first-order chi connectivity index (χ1) is 45.1. The molecule has 0 spiro atoms. The molecule has 5 aliphatic carbocycles. The van der Waals surface area contributed by atoms with E-state index in [-0.39, 0.29) is 72.2 Å². The van der Waals surface area contributed by atoms with Gasteiger partial charge >= 0.3 is 13.9 Å². The molecule has 11 unspecified atom stereocenters. The molecule has 0 bridgehead atoms. The largest absolute Gasteiger partial charge is 0.524 e. The monoisotopic (exact) mass is 1310 g/mol. The fourth-order valence-corrected chi connectivity index (χ4v) is 17.3. The number of Topliss-reactive ketones (excluding diaryl/α,β-unsaturated/α-hetero) is 1. The zero-order valence-electron chi connectivity index (χ0n) is 55.3. The second-order valence-corrected chi connectivity index (χ2v) is 29.3. The number of carbonyl (C=O) groups excluding carboxylic acids is 3. The van der Waals surface area contributed by atoms with E-state index in [1.165, 1.54) is 41.3 Å². The van der Waals surface area contributed by atoms with Crippen LogP contribution in [-0.4, -0.2) is 112 Å². The maximum atomic E-state index is 15.0. The fraction of sp³-hybridized carbons (Fsp3) is 0.513. The molecule has 11 atom stereocenters. The molecule has 504 valence electrons. The van der Waals surface area contributed by atoms with Crippen LogP contribution in [0.1, 0.15) is 157 Å². The van der Waals surface area contributed by atoms with Crippen molar-refractivity contribution in [3.63, 3.8) is 0 Å². The minimum absolute atomic E-state index is 0.0152. The molecular formula is C76H96N3O14P. The van der Waals surface area contributed by atoms with Gasteiger partial charge in [-0.05, 0) is 186 Å². The lowest BCUT2D eigenvalue weighted by atomic mass is 9.46. The van der Waals surface area contributed by atoms with E-state index in [0.717, 1.165) is 80.4 Å². The maximum Gasteiger partial charge on any atom is 0.524 e. The minimum Gasteiger partial charge on any atom is -0.493 e. The van der Waals surface area contributed by atoms with Gasteiger partial charge in [0.15, 0.2) is 23.5 Å². The van der Waals surface area contributed by atoms with Crippen molar-refractivity contribution in [2.75, 3.05) is 38.2 Å². The predicted molar refractivity (Wildman–Crippen MR) is 360 cm³/mol. The first kappa shape index (κ1) is 69.0. The Balaban J connectivity index is 0.638. The van der Waals surface area contributed by atoms with Gasteiger partial charge in [0.05, 0.1) is 31.5 Å². The van der Waals surface area contributed by atoms with Crippen LogP contribution in [0.5, 0.6) is 11.5 Å². The molecule has 5 fully saturated rings. The van der Waals surface area contributed by atoms with Crippen LogP contribution in [0.3, 0.4) is 0 Å². The van der Waals surface area contributed by atoms with E-state index in [0.29, 0.717) is 55.7 Å². The molecule has 94 heavy (non-hydrogen) atoms. The number of ether oxygens (including phenoxy) is 5. The van der Waals surface area contributed by atoms with Gasteiger partial charge in [0, 0.05) is 64.9 Å². The molecule has 6 N–H and O–H groups in total. The standard InChI is InChI=1S/C76H96N3O14P/c1-49(2)79(50(3)4)38-34-63(54-15-9-7-10-16-54)56-19-13-14-52(40-56)35-39-89-62-28-22-51(23-29-62)33-37-77-45-67(82)57-24-31-68(93-94(85,86)87)58(41-57)47-90-73(84)78-60-26-20-53(21-27-60)46-88-48-69(83)76-70(91-72(92-76)55-17-11-8-12-18-55)43-65-64-30-25-59-42-61(80)32-36-74(59,5)71(64)66(81)44-75(65,76)6/h7,9-10,13-16,19-24,26-29,31-32,36,40-42,49-50,55,63-67,70-72,77,81-82H,8,11-12,17-18,25,30,33-35,37-39,43-48H2,1-6H3,(H,78,84)(H2,85,86,87). The number of aliphatic hydroxyl groups is 2. The summed E-state index contributed by atoms with van der Waals surface area (Å²) in [6.07, 6.45) is 12.1. The van der Waals surface area contributed by atoms with Gasteiger partial charge < -0.3 is 43.7 Å². The zero-order valence-corrected chi connectivity index (χ0v) is 56.2. The summed E-state index contributed by atoms with van der Waals surface area (Å²) in [7, 11) is -5.01. The summed E-state index contributed by atoms with van der Waals surface area (Å²) in [5, 5.41) is 29.5. The summed E-state index contributed by atoms with van der Waals surface area (Å²) in [5.41, 5.74) is 5.21. The molecule has 5 aromatic carbocycles. The van der Waals surface area contributed by atoms with Gasteiger partial charge in [-0.2, -0.15) is 0 Å². The van der Waals surface area contributed by atoms with Crippen molar-refractivity contribution in [3.05, 3.63) is 184 Å². The molecule has 18 heteroatoms. The number of amides is 1. The third kappa shape index (κ3) is 15.6. The second-order valence-electron chi connectivity index (χ2n) is 28.1. The Labute approximate surface area is 554 Å². The number of phosphoric acid groups is 1. The van der Waals surface area contributed by atoms with Gasteiger partial charge in [-0.15, -0.1) is 0 Å². The number of hydrogen-bond donors (Lipinski definition) is 6. The fourth-order valence-electron chi connectivity index (χ4n) is 16.9. The highest BCUT2D eigenvalue weighted by Crippen LogP contribution is 2.70. The maximum absolute atomic E-state index is 15.0. The van der Waals surface area contributed by atoms with Gasteiger partial charge in [-0.1, -0.05) is 130 Å². The number of fused-ring (bicyclic) bond motifs is 7. The molecule has 1 heterocycles. The van der Waals surface area contributed by atoms with Crippen molar-refractivity contribution < 1.29 is 67.2 Å². The number of anilines is 1. The van der Waals surface area contributed by atoms with E-state index < -0.39 is 61.6 Å². The van der Waals surface area contributed by atoms with Crippen molar-refractivity contribution in [3.8, 4) is 11.5 Å². The van der Waals surface area contributed by atoms with E-state index >= 15 is 4.79 Å². The lowest BCUT2D eigenvalue weighted by Gasteiger charge is -2.59. The molecule has 6 aliphatic rings. The molecule has 0 radical (unpaired) electrons. The summed E-state index contributed by atoms with van der Waals surface area (Å²) in [6.45, 7) is 15.0. The highest BCUT2D eigenvalue weighted by molar-refractivity contribution is 7.46. The lowest BCUT2D eigenvalue weighted by molar-refractivity contribution is -0.210. The summed E-state index contributed by atoms with van der Waals surface area (Å²) in [6, 6.07) is 39.8. The van der Waals surface area contributed by atoms with E-state index in [9.17, 15) is 34.2 Å². The summed E-state index contributed by atoms with van der Waals surface area (Å²) >= 11 is 0. The minimum atomic E-state index is -5.01. The van der Waals surface area contributed by atoms with Crippen molar-refractivity contribution in [2.24, 2.45) is 34.5 Å². The number of allylic oxidation sites excluding steroid dienone is 4. The number of ketones is 2. The van der Waals surface area contributed by atoms with Crippen molar-refractivity contribution in [2.45, 2.75) is 180 Å². The first-order valence-electron chi connectivity index (χ1n) is 34.1. The summed E-state index contributed by atoms with van der Waals surface area (Å²) < 4.78 is 48.9. The second kappa shape index (κ2) is 30.0. The van der Waals surface area contributed by atoms with E-state index in [2.05, 4.69) is 112 Å². The third-order valence-electron chi connectivity index (χ3n) is 21.5. The normalized spacial score (nSPS) is 26.5. The van der Waals surface area contributed by atoms with E-state index in [1.54, 1.807) is 36.4 Å². The molecule has 5 aromatic rings. The Hall–Kier alpha value is -6.34. The number of aliphatic hydroxyl groups excluding tert-OH is 2.